The van der Waals surface area contributed by atoms with Gasteiger partial charge < -0.3 is 4.79 Å². The van der Waals surface area contributed by atoms with Gasteiger partial charge >= 0.3 is 6.18 Å². The van der Waals surface area contributed by atoms with Gasteiger partial charge in [0.2, 0.25) is 0 Å². The van der Waals surface area contributed by atoms with E-state index < -0.39 is 36.5 Å². The van der Waals surface area contributed by atoms with Crippen LogP contribution < -0.4 is 0 Å². The average Bonchev–Trinajstić information content (AvgIpc) is 2.28. The van der Waals surface area contributed by atoms with E-state index >= 15 is 0 Å². The van der Waals surface area contributed by atoms with Gasteiger partial charge in [-0.25, -0.2) is 4.39 Å². The van der Waals surface area contributed by atoms with Crippen LogP contribution in [0.5, 0.6) is 0 Å². The van der Waals surface area contributed by atoms with Gasteiger partial charge in [0.25, 0.3) is 0 Å². The van der Waals surface area contributed by atoms with E-state index in [1.54, 1.807) is 0 Å². The maximum atomic E-state index is 12.6. The minimum Gasteiger partial charge on any atom is -0.303 e. The van der Waals surface area contributed by atoms with Crippen LogP contribution in [0.3, 0.4) is 0 Å². The average molecular weight is 262 g/mol. The lowest BCUT2D eigenvalue weighted by atomic mass is 9.95. The molecule has 0 aliphatic carbocycles. The van der Waals surface area contributed by atoms with Crippen molar-refractivity contribution < 1.29 is 27.2 Å². The molecular weight excluding hydrogens is 252 g/mol. The molecule has 0 aromatic heterocycles. The molecule has 0 aliphatic heterocycles. The number of benzene rings is 1. The fraction of sp³-hybridized carbons (Fsp3) is 0.333. The zero-order chi connectivity index (χ0) is 13.8. The summed E-state index contributed by atoms with van der Waals surface area (Å²) in [6, 6.07) is 4.23. The van der Waals surface area contributed by atoms with Crippen LogP contribution in [-0.4, -0.2) is 18.2 Å². The molecule has 0 heterocycles. The highest BCUT2D eigenvalue weighted by Crippen LogP contribution is 2.31. The molecule has 0 radical (unpaired) electrons. The van der Waals surface area contributed by atoms with E-state index in [1.807, 2.05) is 0 Å². The Kier molecular flexibility index (Phi) is 4.58. The van der Waals surface area contributed by atoms with E-state index in [-0.39, 0.29) is 11.8 Å². The van der Waals surface area contributed by atoms with Crippen LogP contribution in [0.25, 0.3) is 0 Å². The number of aldehydes is 1. The van der Waals surface area contributed by atoms with Gasteiger partial charge in [0.05, 0.1) is 5.92 Å². The third kappa shape index (κ3) is 3.94. The van der Waals surface area contributed by atoms with Crippen molar-refractivity contribution in [2.45, 2.75) is 19.0 Å². The minimum absolute atomic E-state index is 0.00320. The van der Waals surface area contributed by atoms with Gasteiger partial charge in [0, 0.05) is 18.4 Å². The van der Waals surface area contributed by atoms with Crippen LogP contribution in [0.15, 0.2) is 24.3 Å². The summed E-state index contributed by atoms with van der Waals surface area (Å²) in [5.41, 5.74) is -0.00320. The van der Waals surface area contributed by atoms with Gasteiger partial charge in [-0.1, -0.05) is 0 Å². The Morgan fingerprint density at radius 2 is 1.78 bits per heavy atom. The number of halogens is 4. The molecule has 18 heavy (non-hydrogen) atoms. The Morgan fingerprint density at radius 1 is 1.22 bits per heavy atom. The molecule has 1 aromatic rings. The van der Waals surface area contributed by atoms with Crippen molar-refractivity contribution >= 4 is 12.1 Å². The maximum absolute atomic E-state index is 12.6. The van der Waals surface area contributed by atoms with Gasteiger partial charge in [0.1, 0.15) is 12.1 Å². The number of carbonyl (C=O) groups excluding carboxylic acids is 2. The standard InChI is InChI=1S/C12H10F4O2/c13-10-3-1-8(2-4-10)11(18)7-9(5-6-17)12(14,15)16/h1-4,6,9H,5,7H2/t9-/m1/s1. The monoisotopic (exact) mass is 262 g/mol. The highest BCUT2D eigenvalue weighted by Gasteiger charge is 2.40. The van der Waals surface area contributed by atoms with E-state index in [1.165, 1.54) is 0 Å². The summed E-state index contributed by atoms with van der Waals surface area (Å²) in [6.07, 6.45) is -6.03. The molecule has 1 atom stereocenters. The molecule has 1 aromatic carbocycles. The summed E-state index contributed by atoms with van der Waals surface area (Å²) in [5.74, 6) is -3.33. The summed E-state index contributed by atoms with van der Waals surface area (Å²) < 4.78 is 50.0. The fourth-order valence-electron chi connectivity index (χ4n) is 1.43. The number of hydrogen-bond donors (Lipinski definition) is 0. The second kappa shape index (κ2) is 5.75. The number of ketones is 1. The first-order valence-corrected chi connectivity index (χ1v) is 5.13. The molecule has 0 amide bonds. The first-order chi connectivity index (χ1) is 8.34. The molecule has 0 fully saturated rings. The first-order valence-electron chi connectivity index (χ1n) is 5.13. The number of alkyl halides is 3. The molecule has 0 N–H and O–H groups in total. The van der Waals surface area contributed by atoms with Crippen molar-refractivity contribution in [3.05, 3.63) is 35.6 Å². The van der Waals surface area contributed by atoms with Crippen molar-refractivity contribution in [3.8, 4) is 0 Å². The molecular formula is C12H10F4O2. The van der Waals surface area contributed by atoms with E-state index in [9.17, 15) is 27.2 Å². The van der Waals surface area contributed by atoms with Crippen molar-refractivity contribution in [2.75, 3.05) is 0 Å². The molecule has 1 rings (SSSR count). The summed E-state index contributed by atoms with van der Waals surface area (Å²) >= 11 is 0. The number of hydrogen-bond acceptors (Lipinski definition) is 2. The van der Waals surface area contributed by atoms with Crippen molar-refractivity contribution in [1.82, 2.24) is 0 Å². The molecule has 0 saturated carbocycles. The Hall–Kier alpha value is -1.72. The molecule has 98 valence electrons. The summed E-state index contributed by atoms with van der Waals surface area (Å²) in [6.45, 7) is 0. The summed E-state index contributed by atoms with van der Waals surface area (Å²) in [5, 5.41) is 0. The van der Waals surface area contributed by atoms with Crippen LogP contribution in [-0.2, 0) is 4.79 Å². The van der Waals surface area contributed by atoms with Crippen molar-refractivity contribution in [3.63, 3.8) is 0 Å². The lowest BCUT2D eigenvalue weighted by Crippen LogP contribution is -2.26. The zero-order valence-corrected chi connectivity index (χ0v) is 9.21. The quantitative estimate of drug-likeness (QED) is 0.464. The summed E-state index contributed by atoms with van der Waals surface area (Å²) in [7, 11) is 0. The third-order valence-corrected chi connectivity index (χ3v) is 2.44. The van der Waals surface area contributed by atoms with Crippen LogP contribution in [0.2, 0.25) is 0 Å². The van der Waals surface area contributed by atoms with Gasteiger partial charge in [0.15, 0.2) is 5.78 Å². The summed E-state index contributed by atoms with van der Waals surface area (Å²) in [4.78, 5) is 21.7. The predicted molar refractivity (Wildman–Crippen MR) is 55.6 cm³/mol. The number of Topliss-reactive ketones (excluding diaryl/α,β-unsaturated/α-hetero) is 1. The Morgan fingerprint density at radius 3 is 2.22 bits per heavy atom. The minimum atomic E-state index is -4.60. The smallest absolute Gasteiger partial charge is 0.303 e. The number of rotatable bonds is 5. The second-order valence-electron chi connectivity index (χ2n) is 3.78. The third-order valence-electron chi connectivity index (χ3n) is 2.44. The van der Waals surface area contributed by atoms with E-state index in [0.29, 0.717) is 0 Å². The molecule has 0 saturated heterocycles. The molecule has 2 nitrogen and oxygen atoms in total. The van der Waals surface area contributed by atoms with E-state index in [2.05, 4.69) is 0 Å². The van der Waals surface area contributed by atoms with Gasteiger partial charge in [-0.2, -0.15) is 13.2 Å². The predicted octanol–water partition coefficient (Wildman–Crippen LogP) is 3.17. The normalized spacial score (nSPS) is 13.1. The Balaban J connectivity index is 2.78. The zero-order valence-electron chi connectivity index (χ0n) is 9.21. The Labute approximate surface area is 101 Å². The largest absolute Gasteiger partial charge is 0.392 e. The SMILES string of the molecule is O=CC[C@H](CC(=O)c1ccc(F)cc1)C(F)(F)F. The molecule has 0 unspecified atom stereocenters. The van der Waals surface area contributed by atoms with Gasteiger partial charge in [-0.05, 0) is 24.3 Å². The van der Waals surface area contributed by atoms with Crippen molar-refractivity contribution in [2.24, 2.45) is 5.92 Å². The van der Waals surface area contributed by atoms with Gasteiger partial charge in [-0.15, -0.1) is 0 Å². The van der Waals surface area contributed by atoms with Crippen molar-refractivity contribution in [1.29, 1.82) is 0 Å². The molecule has 0 spiro atoms. The molecule has 6 heteroatoms. The fourth-order valence-corrected chi connectivity index (χ4v) is 1.43. The van der Waals surface area contributed by atoms with Crippen LogP contribution in [0.1, 0.15) is 23.2 Å². The molecule has 0 aliphatic rings. The topological polar surface area (TPSA) is 34.1 Å². The van der Waals surface area contributed by atoms with E-state index in [4.69, 9.17) is 0 Å². The number of carbonyl (C=O) groups is 2. The van der Waals surface area contributed by atoms with Gasteiger partial charge in [-0.3, -0.25) is 4.79 Å². The lowest BCUT2D eigenvalue weighted by Gasteiger charge is -2.17. The highest BCUT2D eigenvalue weighted by molar-refractivity contribution is 5.96. The van der Waals surface area contributed by atoms with E-state index in [0.717, 1.165) is 24.3 Å². The van der Waals surface area contributed by atoms with Crippen LogP contribution in [0.4, 0.5) is 17.6 Å². The first kappa shape index (κ1) is 14.3. The lowest BCUT2D eigenvalue weighted by molar-refractivity contribution is -0.175. The molecule has 0 bridgehead atoms. The van der Waals surface area contributed by atoms with Crippen LogP contribution >= 0.6 is 0 Å². The Bertz CT molecular complexity index is 423. The second-order valence-corrected chi connectivity index (χ2v) is 3.78. The van der Waals surface area contributed by atoms with Crippen LogP contribution in [0, 0.1) is 11.7 Å². The highest BCUT2D eigenvalue weighted by atomic mass is 19.4. The maximum Gasteiger partial charge on any atom is 0.392 e.